The number of benzene rings is 4. The molecule has 2 amide bonds. The number of hydrogen-bond donors (Lipinski definition) is 1. The molecule has 4 rings (SSSR count). The van der Waals surface area contributed by atoms with Crippen molar-refractivity contribution in [2.75, 3.05) is 17.9 Å². The normalized spacial score (nSPS) is 11.9. The molecule has 10 heteroatoms. The number of rotatable bonds is 11. The number of anilines is 1. The minimum Gasteiger partial charge on any atom is -0.357 e. The Kier molecular flexibility index (Phi) is 10.2. The van der Waals surface area contributed by atoms with Crippen molar-refractivity contribution in [1.82, 2.24) is 10.2 Å². The molecule has 43 heavy (non-hydrogen) atoms. The molecule has 0 aliphatic heterocycles. The molecule has 1 atom stereocenters. The van der Waals surface area contributed by atoms with Gasteiger partial charge in [-0.1, -0.05) is 77.8 Å². The summed E-state index contributed by atoms with van der Waals surface area (Å²) >= 11 is 6.30. The Morgan fingerprint density at radius 2 is 1.53 bits per heavy atom. The molecule has 7 nitrogen and oxygen atoms in total. The third-order valence-corrected chi connectivity index (χ3v) is 9.12. The zero-order valence-corrected chi connectivity index (χ0v) is 25.7. The minimum atomic E-state index is -4.25. The Labute approximate surface area is 257 Å². The monoisotopic (exact) mass is 621 g/mol. The molecular formula is C33H33ClFN3O4S. The molecule has 0 aliphatic carbocycles. The standard InChI is InChI=1S/C33H33ClFN3O4S/c1-23-9-17-29(18-10-23)43(41,42)38(30-20-27(34)14-11-24(30)2)22-32(39)37(21-26-12-15-28(35)16-13-26)31(33(40)36-3)19-25-7-5-4-6-8-25/h4-18,20,31H,19,21-22H2,1-3H3,(H,36,40)/t31-/m0/s1. The molecule has 4 aromatic rings. The maximum absolute atomic E-state index is 14.3. The molecular weight excluding hydrogens is 589 g/mol. The number of sulfonamides is 1. The Bertz CT molecular complexity index is 1680. The Hall–Kier alpha value is -4.21. The SMILES string of the molecule is CNC(=O)[C@H](Cc1ccccc1)N(Cc1ccc(F)cc1)C(=O)CN(c1cc(Cl)ccc1C)S(=O)(=O)c1ccc(C)cc1. The van der Waals surface area contributed by atoms with Gasteiger partial charge in [-0.2, -0.15) is 0 Å². The largest absolute Gasteiger partial charge is 0.357 e. The van der Waals surface area contributed by atoms with Crippen molar-refractivity contribution in [3.63, 3.8) is 0 Å². The third kappa shape index (κ3) is 7.80. The van der Waals surface area contributed by atoms with Crippen LogP contribution in [0.5, 0.6) is 0 Å². The van der Waals surface area contributed by atoms with Crippen molar-refractivity contribution in [1.29, 1.82) is 0 Å². The molecule has 0 spiro atoms. The van der Waals surface area contributed by atoms with Gasteiger partial charge in [0.05, 0.1) is 10.6 Å². The second-order valence-electron chi connectivity index (χ2n) is 10.2. The van der Waals surface area contributed by atoms with Crippen LogP contribution in [0.3, 0.4) is 0 Å². The predicted octanol–water partition coefficient (Wildman–Crippen LogP) is 5.68. The first kappa shape index (κ1) is 31.7. The molecule has 0 aliphatic rings. The molecule has 0 fully saturated rings. The highest BCUT2D eigenvalue weighted by Gasteiger charge is 2.35. The second-order valence-corrected chi connectivity index (χ2v) is 12.5. The quantitative estimate of drug-likeness (QED) is 0.234. The number of nitrogens with one attached hydrogen (secondary N) is 1. The van der Waals surface area contributed by atoms with Gasteiger partial charge in [-0.25, -0.2) is 12.8 Å². The predicted molar refractivity (Wildman–Crippen MR) is 167 cm³/mol. The van der Waals surface area contributed by atoms with E-state index in [0.717, 1.165) is 15.4 Å². The summed E-state index contributed by atoms with van der Waals surface area (Å²) in [7, 11) is -2.77. The van der Waals surface area contributed by atoms with E-state index in [4.69, 9.17) is 11.6 Å². The fourth-order valence-electron chi connectivity index (χ4n) is 4.71. The molecule has 4 aromatic carbocycles. The van der Waals surface area contributed by atoms with Crippen molar-refractivity contribution in [3.05, 3.63) is 130 Å². The molecule has 0 aromatic heterocycles. The molecule has 0 saturated heterocycles. The lowest BCUT2D eigenvalue weighted by molar-refractivity contribution is -0.139. The van der Waals surface area contributed by atoms with Crippen LogP contribution in [0.2, 0.25) is 5.02 Å². The number of carbonyl (C=O) groups excluding carboxylic acids is 2. The van der Waals surface area contributed by atoms with Crippen molar-refractivity contribution < 1.29 is 22.4 Å². The van der Waals surface area contributed by atoms with E-state index in [9.17, 15) is 22.4 Å². The first-order valence-corrected chi connectivity index (χ1v) is 15.5. The van der Waals surface area contributed by atoms with Gasteiger partial charge < -0.3 is 10.2 Å². The summed E-state index contributed by atoms with van der Waals surface area (Å²) in [5, 5.41) is 2.94. The van der Waals surface area contributed by atoms with E-state index in [0.29, 0.717) is 16.1 Å². The molecule has 0 saturated carbocycles. The van der Waals surface area contributed by atoms with Crippen LogP contribution in [0.25, 0.3) is 0 Å². The van der Waals surface area contributed by atoms with Gasteiger partial charge in [-0.05, 0) is 66.9 Å². The average molecular weight is 622 g/mol. The second kappa shape index (κ2) is 13.8. The zero-order valence-electron chi connectivity index (χ0n) is 24.1. The molecule has 0 heterocycles. The minimum absolute atomic E-state index is 0.00231. The first-order valence-electron chi connectivity index (χ1n) is 13.6. The highest BCUT2D eigenvalue weighted by molar-refractivity contribution is 7.92. The van der Waals surface area contributed by atoms with Crippen molar-refractivity contribution >= 4 is 39.1 Å². The first-order chi connectivity index (χ1) is 20.5. The Morgan fingerprint density at radius 3 is 2.16 bits per heavy atom. The number of amides is 2. The van der Waals surface area contributed by atoms with Crippen LogP contribution >= 0.6 is 11.6 Å². The number of halogens is 2. The van der Waals surface area contributed by atoms with Gasteiger partial charge in [-0.3, -0.25) is 13.9 Å². The molecule has 224 valence electrons. The van der Waals surface area contributed by atoms with Gasteiger partial charge in [0.25, 0.3) is 10.0 Å². The summed E-state index contributed by atoms with van der Waals surface area (Å²) in [5.41, 5.74) is 3.08. The third-order valence-electron chi connectivity index (χ3n) is 7.11. The van der Waals surface area contributed by atoms with Gasteiger partial charge >= 0.3 is 0 Å². The van der Waals surface area contributed by atoms with Crippen LogP contribution in [0.4, 0.5) is 10.1 Å². The van der Waals surface area contributed by atoms with Crippen molar-refractivity contribution in [2.24, 2.45) is 0 Å². The van der Waals surface area contributed by atoms with Crippen LogP contribution < -0.4 is 9.62 Å². The summed E-state index contributed by atoms with van der Waals surface area (Å²) in [6.45, 7) is 2.91. The van der Waals surface area contributed by atoms with E-state index >= 15 is 0 Å². The molecule has 0 bridgehead atoms. The Morgan fingerprint density at radius 1 is 0.884 bits per heavy atom. The van der Waals surface area contributed by atoms with Gasteiger partial charge in [0.2, 0.25) is 11.8 Å². The van der Waals surface area contributed by atoms with Crippen LogP contribution in [0.1, 0.15) is 22.3 Å². The van der Waals surface area contributed by atoms with E-state index in [1.165, 1.54) is 54.4 Å². The van der Waals surface area contributed by atoms with Gasteiger partial charge in [-0.15, -0.1) is 0 Å². The summed E-state index contributed by atoms with van der Waals surface area (Å²) in [6.07, 6.45) is 0.175. The lowest BCUT2D eigenvalue weighted by Gasteiger charge is -2.34. The number of hydrogen-bond acceptors (Lipinski definition) is 4. The fourth-order valence-corrected chi connectivity index (χ4v) is 6.35. The van der Waals surface area contributed by atoms with E-state index in [1.807, 2.05) is 37.3 Å². The average Bonchev–Trinajstić information content (AvgIpc) is 3.00. The maximum atomic E-state index is 14.3. The maximum Gasteiger partial charge on any atom is 0.264 e. The summed E-state index contributed by atoms with van der Waals surface area (Å²) in [5.74, 6) is -1.49. The molecule has 0 unspecified atom stereocenters. The van der Waals surface area contributed by atoms with E-state index in [1.54, 1.807) is 31.2 Å². The van der Waals surface area contributed by atoms with Gasteiger partial charge in [0.15, 0.2) is 0 Å². The van der Waals surface area contributed by atoms with Crippen LogP contribution in [-0.4, -0.2) is 44.8 Å². The molecule has 0 radical (unpaired) electrons. The molecule has 1 N–H and O–H groups in total. The Balaban J connectivity index is 1.81. The van der Waals surface area contributed by atoms with E-state index < -0.39 is 40.2 Å². The highest BCUT2D eigenvalue weighted by atomic mass is 35.5. The number of aryl methyl sites for hydroxylation is 2. The number of likely N-dealkylation sites (N-methyl/N-ethyl adjacent to an activating group) is 1. The van der Waals surface area contributed by atoms with Crippen molar-refractivity contribution in [3.8, 4) is 0 Å². The van der Waals surface area contributed by atoms with Gasteiger partial charge in [0.1, 0.15) is 18.4 Å². The lowest BCUT2D eigenvalue weighted by atomic mass is 10.0. The number of carbonyl (C=O) groups is 2. The zero-order chi connectivity index (χ0) is 31.1. The topological polar surface area (TPSA) is 86.8 Å². The van der Waals surface area contributed by atoms with Crippen LogP contribution in [-0.2, 0) is 32.6 Å². The van der Waals surface area contributed by atoms with Crippen LogP contribution in [0, 0.1) is 19.7 Å². The summed E-state index contributed by atoms with van der Waals surface area (Å²) in [6, 6.07) is 25.0. The van der Waals surface area contributed by atoms with Crippen LogP contribution in [0.15, 0.2) is 102 Å². The van der Waals surface area contributed by atoms with Gasteiger partial charge in [0, 0.05) is 25.0 Å². The van der Waals surface area contributed by atoms with E-state index in [2.05, 4.69) is 5.32 Å². The number of nitrogens with zero attached hydrogens (tertiary/aromatic N) is 2. The fraction of sp³-hybridized carbons (Fsp3) is 0.212. The summed E-state index contributed by atoms with van der Waals surface area (Å²) in [4.78, 5) is 29.0. The lowest BCUT2D eigenvalue weighted by Crippen LogP contribution is -2.53. The smallest absolute Gasteiger partial charge is 0.264 e. The van der Waals surface area contributed by atoms with Crippen molar-refractivity contribution in [2.45, 2.75) is 37.8 Å². The van der Waals surface area contributed by atoms with E-state index in [-0.39, 0.29) is 23.5 Å². The highest BCUT2D eigenvalue weighted by Crippen LogP contribution is 2.30. The summed E-state index contributed by atoms with van der Waals surface area (Å²) < 4.78 is 43.0.